The molecule has 1 saturated heterocycles. The number of aromatic hydroxyl groups is 2. The van der Waals surface area contributed by atoms with Crippen molar-refractivity contribution in [3.8, 4) is 11.5 Å². The average molecular weight is 395 g/mol. The van der Waals surface area contributed by atoms with E-state index in [1.807, 2.05) is 11.9 Å². The van der Waals surface area contributed by atoms with E-state index in [4.69, 9.17) is 4.42 Å². The maximum absolute atomic E-state index is 12.7. The second-order valence-electron chi connectivity index (χ2n) is 7.21. The van der Waals surface area contributed by atoms with Crippen LogP contribution in [0.25, 0.3) is 17.0 Å². The third-order valence-corrected chi connectivity index (χ3v) is 5.16. The lowest BCUT2D eigenvalue weighted by Gasteiger charge is -2.34. The molecular weight excluding hydrogens is 370 g/mol. The van der Waals surface area contributed by atoms with E-state index in [2.05, 4.69) is 13.2 Å². The van der Waals surface area contributed by atoms with Gasteiger partial charge in [-0.15, -0.1) is 0 Å². The van der Waals surface area contributed by atoms with Crippen LogP contribution in [-0.4, -0.2) is 46.5 Å². The molecule has 2 heterocycles. The molecule has 0 saturated carbocycles. The van der Waals surface area contributed by atoms with Crippen molar-refractivity contribution in [2.24, 2.45) is 0 Å². The molecule has 1 fully saturated rings. The van der Waals surface area contributed by atoms with Crippen molar-refractivity contribution in [3.63, 3.8) is 0 Å². The van der Waals surface area contributed by atoms with Crippen LogP contribution in [0.5, 0.6) is 11.5 Å². The van der Waals surface area contributed by atoms with Crippen molar-refractivity contribution in [1.29, 1.82) is 0 Å². The largest absolute Gasteiger partial charge is 0.507 e. The van der Waals surface area contributed by atoms with Crippen LogP contribution in [-0.2, 0) is 0 Å². The number of piperidine rings is 1. The minimum absolute atomic E-state index is 0.00773. The molecule has 1 aliphatic heterocycles. The number of rotatable bonds is 5. The van der Waals surface area contributed by atoms with E-state index in [0.29, 0.717) is 18.5 Å². The maximum atomic E-state index is 12.7. The predicted octanol–water partition coefficient (Wildman–Crippen LogP) is 3.30. The van der Waals surface area contributed by atoms with Gasteiger partial charge in [-0.05, 0) is 31.7 Å². The monoisotopic (exact) mass is 395 g/mol. The first-order valence-electron chi connectivity index (χ1n) is 9.38. The smallest absolute Gasteiger partial charge is 0.197 e. The normalized spacial score (nSPS) is 21.0. The van der Waals surface area contributed by atoms with Crippen LogP contribution in [0.1, 0.15) is 23.7 Å². The summed E-state index contributed by atoms with van der Waals surface area (Å²) in [5.41, 5.74) is 0.778. The summed E-state index contributed by atoms with van der Waals surface area (Å²) in [6.45, 7) is 8.51. The number of hydrogen-bond donors (Lipinski definition) is 3. The van der Waals surface area contributed by atoms with Gasteiger partial charge in [0.2, 0.25) is 0 Å². The molecule has 29 heavy (non-hydrogen) atoms. The lowest BCUT2D eigenvalue weighted by molar-refractivity contribution is 0.0630. The van der Waals surface area contributed by atoms with Crippen LogP contribution in [0, 0.1) is 0 Å². The topological polar surface area (TPSA) is 94.1 Å². The van der Waals surface area contributed by atoms with Gasteiger partial charge < -0.3 is 24.6 Å². The highest BCUT2D eigenvalue weighted by Gasteiger charge is 2.32. The van der Waals surface area contributed by atoms with Crippen molar-refractivity contribution < 1.29 is 19.7 Å². The number of likely N-dealkylation sites (N-methyl/N-ethyl adjacent to an activating group) is 1. The summed E-state index contributed by atoms with van der Waals surface area (Å²) in [5, 5.41) is 31.3. The Morgan fingerprint density at radius 1 is 1.28 bits per heavy atom. The molecule has 0 bridgehead atoms. The lowest BCUT2D eigenvalue weighted by Crippen LogP contribution is -2.40. The maximum Gasteiger partial charge on any atom is 0.197 e. The highest BCUT2D eigenvalue weighted by molar-refractivity contribution is 5.89. The number of β-amino-alcohol motifs (C(OH)–C–C–N with tert-alkyl or cyclic N) is 1. The molecule has 2 atom stereocenters. The Balaban J connectivity index is 2.19. The molecule has 1 aliphatic rings. The molecule has 152 valence electrons. The second kappa shape index (κ2) is 8.51. The first-order valence-corrected chi connectivity index (χ1v) is 9.38. The SMILES string of the molecule is C=C/C=C(C=C)/C=C/c1cc(=O)c2c(O)cc(O)c(C3CCN(C)CC3O)c2o1. The summed E-state index contributed by atoms with van der Waals surface area (Å²) in [6.07, 6.45) is 8.17. The average Bonchev–Trinajstić information content (AvgIpc) is 2.66. The van der Waals surface area contributed by atoms with E-state index in [9.17, 15) is 20.1 Å². The summed E-state index contributed by atoms with van der Waals surface area (Å²) in [4.78, 5) is 14.7. The van der Waals surface area contributed by atoms with Crippen molar-refractivity contribution in [3.05, 3.63) is 76.7 Å². The van der Waals surface area contributed by atoms with Gasteiger partial charge in [0.05, 0.1) is 6.10 Å². The molecule has 3 N–H and O–H groups in total. The number of fused-ring (bicyclic) bond motifs is 1. The quantitative estimate of drug-likeness (QED) is 0.673. The van der Waals surface area contributed by atoms with Crippen molar-refractivity contribution in [2.45, 2.75) is 18.4 Å². The van der Waals surface area contributed by atoms with Gasteiger partial charge >= 0.3 is 0 Å². The number of allylic oxidation sites excluding steroid dienone is 5. The summed E-state index contributed by atoms with van der Waals surface area (Å²) in [7, 11) is 1.91. The van der Waals surface area contributed by atoms with E-state index in [0.717, 1.165) is 18.2 Å². The van der Waals surface area contributed by atoms with Gasteiger partial charge in [-0.25, -0.2) is 0 Å². The van der Waals surface area contributed by atoms with E-state index >= 15 is 0 Å². The van der Waals surface area contributed by atoms with Crippen molar-refractivity contribution in [2.75, 3.05) is 20.1 Å². The zero-order valence-corrected chi connectivity index (χ0v) is 16.3. The van der Waals surface area contributed by atoms with Crippen molar-refractivity contribution >= 4 is 17.0 Å². The van der Waals surface area contributed by atoms with Gasteiger partial charge in [0.25, 0.3) is 0 Å². The van der Waals surface area contributed by atoms with E-state index < -0.39 is 17.5 Å². The molecule has 2 unspecified atom stereocenters. The third kappa shape index (κ3) is 4.18. The van der Waals surface area contributed by atoms with Crippen LogP contribution >= 0.6 is 0 Å². The predicted molar refractivity (Wildman–Crippen MR) is 114 cm³/mol. The third-order valence-electron chi connectivity index (χ3n) is 5.16. The highest BCUT2D eigenvalue weighted by atomic mass is 16.3. The number of hydrogen-bond acceptors (Lipinski definition) is 6. The van der Waals surface area contributed by atoms with E-state index in [1.165, 1.54) is 6.07 Å². The number of aliphatic hydroxyl groups is 1. The molecule has 6 nitrogen and oxygen atoms in total. The van der Waals surface area contributed by atoms with Gasteiger partial charge in [-0.3, -0.25) is 4.79 Å². The fraction of sp³-hybridized carbons (Fsp3) is 0.261. The number of aliphatic hydroxyl groups excluding tert-OH is 1. The molecule has 0 spiro atoms. The molecule has 2 aromatic rings. The van der Waals surface area contributed by atoms with Gasteiger partial charge in [-0.2, -0.15) is 0 Å². The molecule has 3 rings (SSSR count). The molecular formula is C23H25NO5. The Morgan fingerprint density at radius 2 is 2.03 bits per heavy atom. The van der Waals surface area contributed by atoms with E-state index in [-0.39, 0.29) is 28.2 Å². The molecule has 6 heteroatoms. The fourth-order valence-corrected chi connectivity index (χ4v) is 3.71. The molecule has 0 radical (unpaired) electrons. The number of nitrogens with zero attached hydrogens (tertiary/aromatic N) is 1. The molecule has 0 amide bonds. The number of phenolic OH excluding ortho intramolecular Hbond substituents is 2. The van der Waals surface area contributed by atoms with Crippen LogP contribution < -0.4 is 5.43 Å². The molecule has 1 aromatic heterocycles. The first kappa shape index (κ1) is 20.6. The summed E-state index contributed by atoms with van der Waals surface area (Å²) in [6, 6.07) is 2.41. The van der Waals surface area contributed by atoms with E-state index in [1.54, 1.807) is 30.4 Å². The van der Waals surface area contributed by atoms with Crippen LogP contribution in [0.2, 0.25) is 0 Å². The summed E-state index contributed by atoms with van der Waals surface area (Å²) in [5.74, 6) is -0.716. The van der Waals surface area contributed by atoms with Crippen LogP contribution in [0.3, 0.4) is 0 Å². The number of phenols is 2. The number of benzene rings is 1. The van der Waals surface area contributed by atoms with Crippen LogP contribution in [0.15, 0.2) is 64.4 Å². The van der Waals surface area contributed by atoms with Crippen LogP contribution in [0.4, 0.5) is 0 Å². The van der Waals surface area contributed by atoms with Gasteiger partial charge in [0, 0.05) is 30.2 Å². The Kier molecular flexibility index (Phi) is 6.06. The summed E-state index contributed by atoms with van der Waals surface area (Å²) < 4.78 is 5.92. The minimum atomic E-state index is -0.736. The van der Waals surface area contributed by atoms with Gasteiger partial charge in [0.1, 0.15) is 28.2 Å². The first-order chi connectivity index (χ1) is 13.8. The molecule has 1 aromatic carbocycles. The minimum Gasteiger partial charge on any atom is -0.507 e. The Hall–Kier alpha value is -3.09. The standard InChI is InChI=1S/C23H25NO5/c1-4-6-14(5-2)7-8-15-11-17(25)22-19(27)12-18(26)21(23(22)29-15)16-9-10-24(3)13-20(16)28/h4-8,11-12,16,20,26-28H,1-2,9-10,13H2,3H3/b8-7+,14-6+. The van der Waals surface area contributed by atoms with Gasteiger partial charge in [0.15, 0.2) is 5.43 Å². The lowest BCUT2D eigenvalue weighted by atomic mass is 9.85. The Morgan fingerprint density at radius 3 is 2.69 bits per heavy atom. The zero-order chi connectivity index (χ0) is 21.1. The highest BCUT2D eigenvalue weighted by Crippen LogP contribution is 2.41. The fourth-order valence-electron chi connectivity index (χ4n) is 3.71. The van der Waals surface area contributed by atoms with Gasteiger partial charge in [-0.1, -0.05) is 37.5 Å². The number of likely N-dealkylation sites (tertiary alicyclic amines) is 1. The second-order valence-corrected chi connectivity index (χ2v) is 7.21. The molecule has 0 aliphatic carbocycles. The summed E-state index contributed by atoms with van der Waals surface area (Å²) >= 11 is 0. The Bertz CT molecular complexity index is 1060. The zero-order valence-electron chi connectivity index (χ0n) is 16.3. The Labute approximate surface area is 169 Å². The van der Waals surface area contributed by atoms with Crippen molar-refractivity contribution in [1.82, 2.24) is 4.90 Å².